The summed E-state index contributed by atoms with van der Waals surface area (Å²) >= 11 is 0. The number of ether oxygens (including phenoxy) is 2. The molecular weight excluding hydrogens is 406 g/mol. The van der Waals surface area contributed by atoms with Gasteiger partial charge >= 0.3 is 0 Å². The molecule has 4 heterocycles. The summed E-state index contributed by atoms with van der Waals surface area (Å²) in [6, 6.07) is 13.7. The quantitative estimate of drug-likeness (QED) is 0.501. The molecule has 0 saturated carbocycles. The largest absolute Gasteiger partial charge is 0.495 e. The molecule has 3 aromatic heterocycles. The Bertz CT molecular complexity index is 1300. The van der Waals surface area contributed by atoms with Gasteiger partial charge in [0.15, 0.2) is 0 Å². The molecule has 162 valence electrons. The van der Waals surface area contributed by atoms with Crippen molar-refractivity contribution < 1.29 is 9.47 Å². The Morgan fingerprint density at radius 3 is 2.69 bits per heavy atom. The number of hydrogen-bond donors (Lipinski definition) is 2. The normalized spacial score (nSPS) is 13.8. The molecular formula is C24H23N5O3. The minimum atomic E-state index is -0.197. The molecule has 0 amide bonds. The van der Waals surface area contributed by atoms with Gasteiger partial charge in [-0.3, -0.25) is 9.78 Å². The molecule has 5 rings (SSSR count). The van der Waals surface area contributed by atoms with Crippen LogP contribution in [0, 0.1) is 0 Å². The molecule has 8 heteroatoms. The molecule has 0 aliphatic carbocycles. The van der Waals surface area contributed by atoms with Crippen LogP contribution in [-0.2, 0) is 4.74 Å². The zero-order valence-electron chi connectivity index (χ0n) is 17.7. The molecule has 0 radical (unpaired) electrons. The number of morpholine rings is 1. The first-order chi connectivity index (χ1) is 15.7. The molecule has 0 bridgehead atoms. The fourth-order valence-electron chi connectivity index (χ4n) is 3.84. The Kier molecular flexibility index (Phi) is 5.43. The Morgan fingerprint density at radius 1 is 1.09 bits per heavy atom. The number of H-pyrrole nitrogens is 1. The molecule has 1 fully saturated rings. The summed E-state index contributed by atoms with van der Waals surface area (Å²) in [7, 11) is 1.60. The number of fused-ring (bicyclic) bond motifs is 1. The standard InChI is InChI=1S/C24H23N5O3/c1-31-20-12-17(14-25-15-20)21-13-16-6-7-26-24(30)22(16)23(28-21)27-18-2-4-19(5-3-18)29-8-10-32-11-9-29/h2-7,12-15H,8-11H2,1H3,(H,26,30)(H,27,28). The van der Waals surface area contributed by atoms with Crippen molar-refractivity contribution in [3.63, 3.8) is 0 Å². The van der Waals surface area contributed by atoms with Crippen LogP contribution in [0.1, 0.15) is 0 Å². The van der Waals surface area contributed by atoms with Crippen LogP contribution in [0.15, 0.2) is 65.8 Å². The van der Waals surface area contributed by atoms with E-state index in [1.54, 1.807) is 25.7 Å². The van der Waals surface area contributed by atoms with E-state index in [1.165, 1.54) is 0 Å². The van der Waals surface area contributed by atoms with Crippen LogP contribution in [0.5, 0.6) is 5.75 Å². The molecule has 1 aromatic carbocycles. The number of nitrogens with one attached hydrogen (secondary N) is 2. The van der Waals surface area contributed by atoms with E-state index in [0.717, 1.165) is 48.6 Å². The van der Waals surface area contributed by atoms with Crippen molar-refractivity contribution in [2.75, 3.05) is 43.6 Å². The molecule has 8 nitrogen and oxygen atoms in total. The van der Waals surface area contributed by atoms with Crippen LogP contribution in [0.3, 0.4) is 0 Å². The number of anilines is 3. The van der Waals surface area contributed by atoms with Gasteiger partial charge < -0.3 is 24.7 Å². The van der Waals surface area contributed by atoms with Crippen LogP contribution in [0.25, 0.3) is 22.0 Å². The summed E-state index contributed by atoms with van der Waals surface area (Å²) in [4.78, 5) is 26.6. The SMILES string of the molecule is COc1cncc(-c2cc3cc[nH]c(=O)c3c(Nc3ccc(N4CCOCC4)cc3)n2)c1. The van der Waals surface area contributed by atoms with Crippen molar-refractivity contribution in [1.29, 1.82) is 0 Å². The zero-order chi connectivity index (χ0) is 21.9. The van der Waals surface area contributed by atoms with Gasteiger partial charge in [0.2, 0.25) is 0 Å². The third kappa shape index (κ3) is 4.00. The monoisotopic (exact) mass is 429 g/mol. The summed E-state index contributed by atoms with van der Waals surface area (Å²) in [6.45, 7) is 3.24. The van der Waals surface area contributed by atoms with Crippen molar-refractivity contribution in [1.82, 2.24) is 15.0 Å². The highest BCUT2D eigenvalue weighted by Crippen LogP contribution is 2.29. The maximum atomic E-state index is 12.6. The van der Waals surface area contributed by atoms with E-state index in [4.69, 9.17) is 14.5 Å². The second kappa shape index (κ2) is 8.68. The number of methoxy groups -OCH3 is 1. The van der Waals surface area contributed by atoms with Crippen LogP contribution in [0.2, 0.25) is 0 Å². The summed E-state index contributed by atoms with van der Waals surface area (Å²) in [6.07, 6.45) is 5.01. The number of pyridine rings is 3. The third-order valence-electron chi connectivity index (χ3n) is 5.51. The van der Waals surface area contributed by atoms with Crippen LogP contribution in [0.4, 0.5) is 17.2 Å². The summed E-state index contributed by atoms with van der Waals surface area (Å²) in [5, 5.41) is 4.62. The lowest BCUT2D eigenvalue weighted by atomic mass is 10.1. The lowest BCUT2D eigenvalue weighted by Crippen LogP contribution is -2.36. The molecule has 1 saturated heterocycles. The van der Waals surface area contributed by atoms with Gasteiger partial charge in [0, 0.05) is 42.4 Å². The first-order valence-corrected chi connectivity index (χ1v) is 10.4. The summed E-state index contributed by atoms with van der Waals surface area (Å²) < 4.78 is 10.7. The van der Waals surface area contributed by atoms with Gasteiger partial charge in [-0.25, -0.2) is 4.98 Å². The van der Waals surface area contributed by atoms with E-state index >= 15 is 0 Å². The van der Waals surface area contributed by atoms with Gasteiger partial charge in [0.05, 0.1) is 37.6 Å². The average Bonchev–Trinajstić information content (AvgIpc) is 2.85. The predicted octanol–water partition coefficient (Wildman–Crippen LogP) is 3.57. The lowest BCUT2D eigenvalue weighted by Gasteiger charge is -2.28. The van der Waals surface area contributed by atoms with Crippen molar-refractivity contribution >= 4 is 28.0 Å². The van der Waals surface area contributed by atoms with Gasteiger partial charge in [-0.05, 0) is 47.9 Å². The van der Waals surface area contributed by atoms with Crippen LogP contribution < -0.4 is 20.5 Å². The minimum Gasteiger partial charge on any atom is -0.495 e. The highest BCUT2D eigenvalue weighted by molar-refractivity contribution is 5.95. The highest BCUT2D eigenvalue weighted by atomic mass is 16.5. The molecule has 1 aliphatic rings. The fourth-order valence-corrected chi connectivity index (χ4v) is 3.84. The molecule has 0 atom stereocenters. The van der Waals surface area contributed by atoms with E-state index < -0.39 is 0 Å². The molecule has 1 aliphatic heterocycles. The molecule has 2 N–H and O–H groups in total. The van der Waals surface area contributed by atoms with Crippen LogP contribution in [-0.4, -0.2) is 48.4 Å². The smallest absolute Gasteiger partial charge is 0.259 e. The van der Waals surface area contributed by atoms with Gasteiger partial charge in [0.25, 0.3) is 5.56 Å². The topological polar surface area (TPSA) is 92.4 Å². The van der Waals surface area contributed by atoms with Gasteiger partial charge in [0.1, 0.15) is 11.6 Å². The maximum absolute atomic E-state index is 12.6. The van der Waals surface area contributed by atoms with E-state index in [1.807, 2.05) is 30.3 Å². The number of aromatic nitrogens is 3. The molecule has 4 aromatic rings. The second-order valence-electron chi connectivity index (χ2n) is 7.51. The Balaban J connectivity index is 1.53. The third-order valence-corrected chi connectivity index (χ3v) is 5.51. The zero-order valence-corrected chi connectivity index (χ0v) is 17.7. The van der Waals surface area contributed by atoms with Crippen molar-refractivity contribution in [2.45, 2.75) is 0 Å². The fraction of sp³-hybridized carbons (Fsp3) is 0.208. The highest BCUT2D eigenvalue weighted by Gasteiger charge is 2.14. The summed E-state index contributed by atoms with van der Waals surface area (Å²) in [5.74, 6) is 1.13. The van der Waals surface area contributed by atoms with E-state index in [-0.39, 0.29) is 5.56 Å². The number of nitrogens with zero attached hydrogens (tertiary/aromatic N) is 3. The maximum Gasteiger partial charge on any atom is 0.259 e. The van der Waals surface area contributed by atoms with E-state index in [2.05, 4.69) is 32.3 Å². The Hall–Kier alpha value is -3.91. The molecule has 0 spiro atoms. The van der Waals surface area contributed by atoms with Crippen molar-refractivity contribution in [3.05, 3.63) is 71.4 Å². The molecule has 32 heavy (non-hydrogen) atoms. The number of rotatable bonds is 5. The number of benzene rings is 1. The summed E-state index contributed by atoms with van der Waals surface area (Å²) in [5.41, 5.74) is 3.29. The van der Waals surface area contributed by atoms with Crippen LogP contribution >= 0.6 is 0 Å². The second-order valence-corrected chi connectivity index (χ2v) is 7.51. The van der Waals surface area contributed by atoms with Gasteiger partial charge in [-0.1, -0.05) is 0 Å². The van der Waals surface area contributed by atoms with E-state index in [0.29, 0.717) is 22.6 Å². The van der Waals surface area contributed by atoms with E-state index in [9.17, 15) is 4.79 Å². The lowest BCUT2D eigenvalue weighted by molar-refractivity contribution is 0.122. The average molecular weight is 429 g/mol. The van der Waals surface area contributed by atoms with Gasteiger partial charge in [-0.2, -0.15) is 0 Å². The number of aromatic amines is 1. The first-order valence-electron chi connectivity index (χ1n) is 10.4. The first kappa shape index (κ1) is 20.0. The van der Waals surface area contributed by atoms with Crippen molar-refractivity contribution in [2.24, 2.45) is 0 Å². The Labute approximate surface area is 184 Å². The van der Waals surface area contributed by atoms with Crippen molar-refractivity contribution in [3.8, 4) is 17.0 Å². The predicted molar refractivity (Wildman–Crippen MR) is 125 cm³/mol. The van der Waals surface area contributed by atoms with Gasteiger partial charge in [-0.15, -0.1) is 0 Å². The number of hydrogen-bond acceptors (Lipinski definition) is 7. The molecule has 0 unspecified atom stereocenters. The minimum absolute atomic E-state index is 0.197. The Morgan fingerprint density at radius 2 is 1.91 bits per heavy atom.